The van der Waals surface area contributed by atoms with Crippen LogP contribution in [0.5, 0.6) is 5.75 Å². The molecule has 1 aromatic heterocycles. The molecule has 2 aromatic carbocycles. The molecule has 25 heteroatoms. The van der Waals surface area contributed by atoms with Crippen molar-refractivity contribution in [2.75, 3.05) is 5.75 Å². The number of imidazole rings is 1. The maximum absolute atomic E-state index is 14.4. The summed E-state index contributed by atoms with van der Waals surface area (Å²) in [7, 11) is 0. The van der Waals surface area contributed by atoms with E-state index in [1.54, 1.807) is 70.2 Å². The Hall–Kier alpha value is -7.54. The van der Waals surface area contributed by atoms with Gasteiger partial charge in [0.05, 0.1) is 12.4 Å². The molecule has 8 atom stereocenters. The lowest BCUT2D eigenvalue weighted by Crippen LogP contribution is -2.61. The molecule has 24 nitrogen and oxygen atoms in total. The van der Waals surface area contributed by atoms with E-state index in [0.717, 1.165) is 0 Å². The predicted molar refractivity (Wildman–Crippen MR) is 268 cm³/mol. The largest absolute Gasteiger partial charge is 0.508 e. The number of aromatic nitrogens is 2. The van der Waals surface area contributed by atoms with E-state index in [0.29, 0.717) is 16.8 Å². The van der Waals surface area contributed by atoms with E-state index < -0.39 is 113 Å². The Morgan fingerprint density at radius 3 is 1.68 bits per heavy atom. The minimum atomic E-state index is -1.51. The van der Waals surface area contributed by atoms with Crippen molar-refractivity contribution in [3.8, 4) is 5.75 Å². The van der Waals surface area contributed by atoms with Crippen LogP contribution in [0.15, 0.2) is 67.1 Å². The van der Waals surface area contributed by atoms with Crippen LogP contribution in [0.4, 0.5) is 0 Å². The van der Waals surface area contributed by atoms with Gasteiger partial charge in [-0.2, -0.15) is 12.6 Å². The highest BCUT2D eigenvalue weighted by atomic mass is 32.1. The fourth-order valence-electron chi connectivity index (χ4n) is 7.21. The minimum Gasteiger partial charge on any atom is -0.508 e. The molecule has 0 fully saturated rings. The van der Waals surface area contributed by atoms with Gasteiger partial charge in [0.15, 0.2) is 6.10 Å². The smallest absolute Gasteiger partial charge is 0.329 e. The molecule has 0 saturated carbocycles. The Morgan fingerprint density at radius 1 is 0.630 bits per heavy atom. The van der Waals surface area contributed by atoms with Crippen LogP contribution in [0.1, 0.15) is 76.6 Å². The number of hydrogen-bond acceptors (Lipinski definition) is 15. The number of thiol groups is 1. The number of benzene rings is 2. The number of amides is 9. The van der Waals surface area contributed by atoms with E-state index in [1.165, 1.54) is 24.7 Å². The fourth-order valence-corrected chi connectivity index (χ4v) is 7.47. The molecule has 3 rings (SSSR count). The number of phenols is 1. The maximum atomic E-state index is 14.4. The number of hydrogen-bond donors (Lipinski definition) is 13. The molecule has 0 spiro atoms. The second kappa shape index (κ2) is 29.7. The van der Waals surface area contributed by atoms with Crippen molar-refractivity contribution in [2.24, 2.45) is 34.8 Å². The molecular weight excluding hydrogens is 969 g/mol. The first-order valence-corrected chi connectivity index (χ1v) is 24.1. The summed E-state index contributed by atoms with van der Waals surface area (Å²) in [4.78, 5) is 140. The minimum absolute atomic E-state index is 0.00654. The second-order valence-electron chi connectivity index (χ2n) is 18.1. The molecule has 1 unspecified atom stereocenters. The topological polar surface area (TPSA) is 405 Å². The average molecular weight is 1040 g/mol. The van der Waals surface area contributed by atoms with Gasteiger partial charge in [-0.1, -0.05) is 70.2 Å². The van der Waals surface area contributed by atoms with E-state index in [1.807, 2.05) is 0 Å². The summed E-state index contributed by atoms with van der Waals surface area (Å²) in [6, 6.07) is 4.98. The number of esters is 1. The summed E-state index contributed by atoms with van der Waals surface area (Å²) in [6.07, 6.45) is -0.253. The van der Waals surface area contributed by atoms with Crippen LogP contribution in [0, 0.1) is 11.8 Å². The van der Waals surface area contributed by atoms with Gasteiger partial charge in [-0.05, 0) is 60.8 Å². The van der Waals surface area contributed by atoms with Crippen molar-refractivity contribution >= 4 is 71.8 Å². The summed E-state index contributed by atoms with van der Waals surface area (Å²) in [5.41, 5.74) is 23.8. The molecular formula is C48H68N12O12S. The Balaban J connectivity index is 1.90. The first kappa shape index (κ1) is 59.8. The van der Waals surface area contributed by atoms with E-state index in [2.05, 4.69) is 54.5 Å². The number of H-pyrrole nitrogens is 1. The average Bonchev–Trinajstić information content (AvgIpc) is 3.85. The molecule has 16 N–H and O–H groups in total. The van der Waals surface area contributed by atoms with Gasteiger partial charge in [-0.25, -0.2) is 9.78 Å². The third-order valence-electron chi connectivity index (χ3n) is 11.2. The number of aromatic hydroxyl groups is 1. The van der Waals surface area contributed by atoms with E-state index in [9.17, 15) is 53.1 Å². The van der Waals surface area contributed by atoms with Gasteiger partial charge in [-0.15, -0.1) is 0 Å². The summed E-state index contributed by atoms with van der Waals surface area (Å²) in [6.45, 7) is 6.79. The molecule has 0 saturated heterocycles. The first-order valence-electron chi connectivity index (χ1n) is 23.5. The number of aromatic amines is 1. The van der Waals surface area contributed by atoms with Crippen molar-refractivity contribution in [3.05, 3.63) is 83.9 Å². The zero-order chi connectivity index (χ0) is 54.4. The van der Waals surface area contributed by atoms with Crippen LogP contribution >= 0.6 is 12.6 Å². The predicted octanol–water partition coefficient (Wildman–Crippen LogP) is -2.06. The van der Waals surface area contributed by atoms with E-state index >= 15 is 0 Å². The van der Waals surface area contributed by atoms with E-state index in [4.69, 9.17) is 27.7 Å². The highest BCUT2D eigenvalue weighted by molar-refractivity contribution is 7.80. The van der Waals surface area contributed by atoms with Gasteiger partial charge < -0.3 is 69.7 Å². The summed E-state index contributed by atoms with van der Waals surface area (Å²) >= 11 is 3.97. The van der Waals surface area contributed by atoms with Gasteiger partial charge in [0.2, 0.25) is 47.3 Å². The van der Waals surface area contributed by atoms with Crippen LogP contribution in [0.25, 0.3) is 0 Å². The lowest BCUT2D eigenvalue weighted by Gasteiger charge is -2.29. The molecule has 0 aliphatic rings. The quantitative estimate of drug-likeness (QED) is 0.0244. The Labute approximate surface area is 427 Å². The van der Waals surface area contributed by atoms with Crippen molar-refractivity contribution in [2.45, 2.75) is 127 Å². The zero-order valence-electron chi connectivity index (χ0n) is 41.1. The number of nitrogens with one attached hydrogen (secondary N) is 7. The van der Waals surface area contributed by atoms with Gasteiger partial charge in [0.25, 0.3) is 5.91 Å². The Bertz CT molecular complexity index is 2360. The number of nitrogens with zero attached hydrogens (tertiary/aromatic N) is 1. The van der Waals surface area contributed by atoms with Crippen LogP contribution in [0.3, 0.4) is 0 Å². The highest BCUT2D eigenvalue weighted by Gasteiger charge is 2.36. The number of phenolic OH excluding ortho intramolecular Hbond substituents is 1. The number of nitrogens with two attached hydrogens (primary N) is 4. The molecule has 3 aromatic rings. The van der Waals surface area contributed by atoms with Crippen LogP contribution in [-0.2, 0) is 71.9 Å². The van der Waals surface area contributed by atoms with Crippen molar-refractivity contribution in [1.29, 1.82) is 0 Å². The van der Waals surface area contributed by atoms with Gasteiger partial charge in [-0.3, -0.25) is 43.2 Å². The van der Waals surface area contributed by atoms with Gasteiger partial charge in [0, 0.05) is 43.3 Å². The van der Waals surface area contributed by atoms with Crippen molar-refractivity contribution < 1.29 is 57.8 Å². The third kappa shape index (κ3) is 21.0. The summed E-state index contributed by atoms with van der Waals surface area (Å²) in [5.74, 6) is -9.86. The SMILES string of the molecule is CC(C)C[C@H](NC(=O)[C@H](Cc1ccccc1)NC(=O)[C@@H](NC(=O)[C@H](Cc1cnc[nH]1)NC(=O)[C@H](CCC(N)=O)NC(=O)[C@@H](N)Cc1ccc(O)cc1)C(C)C)C(=O)N[C@@H](CCC(N)=O)C(=O)OC(CS)C(N)=O. The molecule has 0 aliphatic carbocycles. The van der Waals surface area contributed by atoms with Gasteiger partial charge in [0.1, 0.15) is 42.0 Å². The Kier molecular flexibility index (Phi) is 24.3. The van der Waals surface area contributed by atoms with Crippen molar-refractivity contribution in [1.82, 2.24) is 41.9 Å². The van der Waals surface area contributed by atoms with Crippen LogP contribution < -0.4 is 54.8 Å². The number of ether oxygens (including phenoxy) is 1. The second-order valence-corrected chi connectivity index (χ2v) is 18.5. The molecule has 0 radical (unpaired) electrons. The number of rotatable bonds is 31. The molecule has 0 aliphatic heterocycles. The standard InChI is InChI=1S/C48H68N12O12S/c1-25(2)18-34(44(67)56-33(15-17-39(51)63)48(71)72-37(23-73)41(52)64)57-45(68)35(20-27-8-6-5-7-9-27)59-47(70)40(26(3)4)60-46(69)36(21-29-22-53-24-54-29)58-43(66)32(14-16-38(50)62)55-42(65)31(49)19-28-10-12-30(61)13-11-28/h5-13,22,24-26,31-37,40,61,73H,14-21,23,49H2,1-4H3,(H2,50,62)(H2,51,63)(H2,52,64)(H,53,54)(H,55,65)(H,56,67)(H,57,68)(H,58,66)(H,59,70)(H,60,69)/t31-,32-,33-,34-,35-,36-,37?,40-/m0/s1. The number of primary amides is 3. The monoisotopic (exact) mass is 1040 g/mol. The molecule has 1 heterocycles. The van der Waals surface area contributed by atoms with E-state index in [-0.39, 0.29) is 68.8 Å². The lowest BCUT2D eigenvalue weighted by molar-refractivity contribution is -0.156. The number of carbonyl (C=O) groups is 10. The maximum Gasteiger partial charge on any atom is 0.329 e. The van der Waals surface area contributed by atoms with Crippen molar-refractivity contribution in [3.63, 3.8) is 0 Å². The molecule has 0 bridgehead atoms. The normalized spacial score (nSPS) is 14.4. The van der Waals surface area contributed by atoms with Crippen LogP contribution in [-0.4, -0.2) is 128 Å². The van der Waals surface area contributed by atoms with Gasteiger partial charge >= 0.3 is 5.97 Å². The Morgan fingerprint density at radius 2 is 1.14 bits per heavy atom. The third-order valence-corrected chi connectivity index (χ3v) is 11.5. The number of carbonyl (C=O) groups excluding carboxylic acids is 10. The molecule has 9 amide bonds. The fraction of sp³-hybridized carbons (Fsp3) is 0.479. The highest BCUT2D eigenvalue weighted by Crippen LogP contribution is 2.14. The lowest BCUT2D eigenvalue weighted by atomic mass is 9.98. The molecule has 73 heavy (non-hydrogen) atoms. The summed E-state index contributed by atoms with van der Waals surface area (Å²) < 4.78 is 5.16. The zero-order valence-corrected chi connectivity index (χ0v) is 42.0. The first-order chi connectivity index (χ1) is 34.5. The molecule has 398 valence electrons. The summed E-state index contributed by atoms with van der Waals surface area (Å²) in [5, 5.41) is 25.3. The van der Waals surface area contributed by atoms with Crippen LogP contribution in [0.2, 0.25) is 0 Å².